The molecule has 0 spiro atoms. The molecule has 206 valence electrons. The molecule has 11 heteroatoms. The second kappa shape index (κ2) is 12.1. The molecule has 0 aromatic heterocycles. The fourth-order valence-electron chi connectivity index (χ4n) is 4.21. The van der Waals surface area contributed by atoms with Crippen LogP contribution in [0.25, 0.3) is 0 Å². The van der Waals surface area contributed by atoms with Gasteiger partial charge in [0, 0.05) is 11.6 Å². The van der Waals surface area contributed by atoms with Gasteiger partial charge in [0.2, 0.25) is 5.91 Å². The van der Waals surface area contributed by atoms with Crippen LogP contribution in [0.2, 0.25) is 0 Å². The summed E-state index contributed by atoms with van der Waals surface area (Å²) in [5, 5.41) is 4.50. The van der Waals surface area contributed by atoms with E-state index in [1.807, 2.05) is 60.7 Å². The Kier molecular flexibility index (Phi) is 8.87. The molecular weight excluding hydrogens is 542 g/mol. The van der Waals surface area contributed by atoms with Crippen molar-refractivity contribution in [3.8, 4) is 0 Å². The van der Waals surface area contributed by atoms with Gasteiger partial charge in [0.25, 0.3) is 5.91 Å². The van der Waals surface area contributed by atoms with Gasteiger partial charge in [-0.15, -0.1) is 23.4 Å². The molecule has 9 nitrogen and oxygen atoms in total. The zero-order chi connectivity index (χ0) is 28.2. The number of amides is 3. The topological polar surface area (TPSA) is 114 Å². The van der Waals surface area contributed by atoms with Crippen LogP contribution in [0.1, 0.15) is 38.0 Å². The van der Waals surface area contributed by atoms with Gasteiger partial charge < -0.3 is 20.1 Å². The molecule has 2 unspecified atom stereocenters. The molecule has 4 rings (SSSR count). The van der Waals surface area contributed by atoms with E-state index in [0.29, 0.717) is 11.3 Å². The Morgan fingerprint density at radius 1 is 1.05 bits per heavy atom. The van der Waals surface area contributed by atoms with Crippen molar-refractivity contribution in [3.05, 3.63) is 83.1 Å². The average Bonchev–Trinajstić information content (AvgIpc) is 2.92. The number of halogens is 1. The Labute approximate surface area is 236 Å². The Bertz CT molecular complexity index is 1230. The van der Waals surface area contributed by atoms with E-state index in [-0.39, 0.29) is 18.1 Å². The first-order valence-electron chi connectivity index (χ1n) is 12.4. The van der Waals surface area contributed by atoms with Gasteiger partial charge >= 0.3 is 12.1 Å². The van der Waals surface area contributed by atoms with Crippen molar-refractivity contribution >= 4 is 47.2 Å². The maximum atomic E-state index is 13.6. The molecule has 0 aliphatic carbocycles. The van der Waals surface area contributed by atoms with Crippen molar-refractivity contribution in [2.24, 2.45) is 0 Å². The molecule has 39 heavy (non-hydrogen) atoms. The van der Waals surface area contributed by atoms with Gasteiger partial charge in [0.1, 0.15) is 29.3 Å². The van der Waals surface area contributed by atoms with E-state index in [4.69, 9.17) is 21.1 Å². The zero-order valence-corrected chi connectivity index (χ0v) is 23.4. The lowest BCUT2D eigenvalue weighted by molar-refractivity contribution is -0.154. The van der Waals surface area contributed by atoms with Crippen LogP contribution < -0.4 is 10.6 Å². The predicted octanol–water partition coefficient (Wildman–Crippen LogP) is 3.74. The van der Waals surface area contributed by atoms with Gasteiger partial charge in [-0.2, -0.15) is 0 Å². The van der Waals surface area contributed by atoms with Crippen LogP contribution in [-0.4, -0.2) is 64.0 Å². The van der Waals surface area contributed by atoms with E-state index in [9.17, 15) is 19.2 Å². The fourth-order valence-corrected chi connectivity index (χ4v) is 5.89. The molecule has 3 amide bonds. The number of rotatable bonds is 8. The van der Waals surface area contributed by atoms with Gasteiger partial charge in [-0.05, 0) is 37.5 Å². The molecular formula is C28H30ClN3O6S. The van der Waals surface area contributed by atoms with Crippen LogP contribution in [0.3, 0.4) is 0 Å². The summed E-state index contributed by atoms with van der Waals surface area (Å²) in [5.41, 5.74) is 1.54. The first kappa shape index (κ1) is 28.5. The molecule has 2 atom stereocenters. The average molecular weight is 572 g/mol. The number of β-lactam (4-membered cyclic amide) rings is 1. The summed E-state index contributed by atoms with van der Waals surface area (Å²) in [4.78, 5) is 52.4. The molecule has 2 heterocycles. The number of carbonyl (C=O) groups is 4. The van der Waals surface area contributed by atoms with Crippen molar-refractivity contribution in [1.29, 1.82) is 0 Å². The minimum atomic E-state index is -0.860. The lowest BCUT2D eigenvalue weighted by Gasteiger charge is -2.49. The molecule has 2 aromatic carbocycles. The number of alkyl carbamates (subject to hydrolysis) is 1. The van der Waals surface area contributed by atoms with E-state index in [1.165, 1.54) is 16.7 Å². The van der Waals surface area contributed by atoms with Crippen molar-refractivity contribution in [2.45, 2.75) is 43.9 Å². The van der Waals surface area contributed by atoms with Gasteiger partial charge in [-0.3, -0.25) is 14.5 Å². The predicted molar refractivity (Wildman–Crippen MR) is 148 cm³/mol. The number of esters is 1. The Hall–Kier alpha value is -3.50. The van der Waals surface area contributed by atoms with E-state index >= 15 is 0 Å². The van der Waals surface area contributed by atoms with Gasteiger partial charge in [0.05, 0.1) is 0 Å². The number of hydrogen-bond donors (Lipinski definition) is 2. The number of thioether (sulfide) groups is 1. The third kappa shape index (κ3) is 6.75. The molecule has 0 bridgehead atoms. The number of ether oxygens (including phenoxy) is 2. The van der Waals surface area contributed by atoms with Crippen LogP contribution in [0.5, 0.6) is 0 Å². The summed E-state index contributed by atoms with van der Waals surface area (Å²) >= 11 is 7.57. The molecule has 2 aliphatic rings. The summed E-state index contributed by atoms with van der Waals surface area (Å²) in [6.07, 6.45) is -1.43. The highest BCUT2D eigenvalue weighted by Crippen LogP contribution is 2.41. The quantitative estimate of drug-likeness (QED) is 0.282. The van der Waals surface area contributed by atoms with Crippen LogP contribution in [-0.2, 0) is 23.9 Å². The van der Waals surface area contributed by atoms with Crippen molar-refractivity contribution < 1.29 is 28.7 Å². The van der Waals surface area contributed by atoms with E-state index in [1.54, 1.807) is 20.8 Å². The van der Waals surface area contributed by atoms with Crippen LogP contribution in [0.15, 0.2) is 71.9 Å². The van der Waals surface area contributed by atoms with Crippen molar-refractivity contribution in [3.63, 3.8) is 0 Å². The first-order valence-corrected chi connectivity index (χ1v) is 14.0. The summed E-state index contributed by atoms with van der Waals surface area (Å²) in [7, 11) is 0. The first-order chi connectivity index (χ1) is 18.6. The van der Waals surface area contributed by atoms with Crippen LogP contribution in [0.4, 0.5) is 4.79 Å². The lowest BCUT2D eigenvalue weighted by Crippen LogP contribution is -2.71. The summed E-state index contributed by atoms with van der Waals surface area (Å²) < 4.78 is 11.1. The highest BCUT2D eigenvalue weighted by molar-refractivity contribution is 8.00. The Morgan fingerprint density at radius 2 is 1.64 bits per heavy atom. The van der Waals surface area contributed by atoms with Crippen molar-refractivity contribution in [2.75, 3.05) is 18.2 Å². The maximum Gasteiger partial charge on any atom is 0.408 e. The second-order valence-electron chi connectivity index (χ2n) is 10.0. The zero-order valence-electron chi connectivity index (χ0n) is 21.8. The molecule has 0 radical (unpaired) electrons. The minimum Gasteiger partial charge on any atom is -0.448 e. The second-order valence-corrected chi connectivity index (χ2v) is 11.4. The number of nitrogens with zero attached hydrogens (tertiary/aromatic N) is 1. The molecule has 1 saturated heterocycles. The third-order valence-corrected chi connectivity index (χ3v) is 7.60. The number of alkyl halides is 1. The van der Waals surface area contributed by atoms with Crippen LogP contribution >= 0.6 is 23.4 Å². The summed E-state index contributed by atoms with van der Waals surface area (Å²) in [6, 6.07) is 17.8. The summed E-state index contributed by atoms with van der Waals surface area (Å²) in [5.74, 6) is -1.23. The van der Waals surface area contributed by atoms with Crippen LogP contribution in [0, 0.1) is 0 Å². The number of fused-ring (bicyclic) bond motifs is 1. The number of hydrogen-bond acceptors (Lipinski definition) is 7. The maximum absolute atomic E-state index is 13.6. The number of carbonyl (C=O) groups excluding carboxylic acids is 4. The smallest absolute Gasteiger partial charge is 0.408 e. The highest BCUT2D eigenvalue weighted by Gasteiger charge is 2.54. The Balaban J connectivity index is 1.46. The molecule has 1 fully saturated rings. The third-order valence-electron chi connectivity index (χ3n) is 5.94. The normalized spacial score (nSPS) is 18.7. The molecule has 2 aliphatic heterocycles. The molecule has 2 aromatic rings. The fraction of sp³-hybridized carbons (Fsp3) is 0.357. The minimum absolute atomic E-state index is 0.0477. The molecule has 0 saturated carbocycles. The summed E-state index contributed by atoms with van der Waals surface area (Å²) in [6.45, 7) is 4.77. The monoisotopic (exact) mass is 571 g/mol. The number of benzene rings is 2. The standard InChI is InChI=1S/C28H30ClN3O6S/c1-28(2,3)38-27(36)30-15-20(33)31-21-24(34)32-22(19(14-29)16-39-25(21)32)26(35)37-23(17-10-6-4-7-11-17)18-12-8-5-9-13-18/h4-13,21,23,25H,14-16H2,1-3H3,(H,30,36)(H,31,33). The van der Waals surface area contributed by atoms with Gasteiger partial charge in [-0.1, -0.05) is 60.7 Å². The SMILES string of the molecule is CC(C)(C)OC(=O)NCC(=O)NC1C(=O)N2C(C(=O)OC(c3ccccc3)c3ccccc3)=C(CCl)CSC12. The molecule has 2 N–H and O–H groups in total. The van der Waals surface area contributed by atoms with E-state index < -0.39 is 47.0 Å². The van der Waals surface area contributed by atoms with E-state index in [2.05, 4.69) is 10.6 Å². The van der Waals surface area contributed by atoms with Gasteiger partial charge in [0.15, 0.2) is 6.10 Å². The number of nitrogens with one attached hydrogen (secondary N) is 2. The van der Waals surface area contributed by atoms with Gasteiger partial charge in [-0.25, -0.2) is 9.59 Å². The largest absolute Gasteiger partial charge is 0.448 e. The van der Waals surface area contributed by atoms with Crippen molar-refractivity contribution in [1.82, 2.24) is 15.5 Å². The van der Waals surface area contributed by atoms with E-state index in [0.717, 1.165) is 11.1 Å². The Morgan fingerprint density at radius 3 is 2.18 bits per heavy atom. The highest BCUT2D eigenvalue weighted by atomic mass is 35.5. The lowest BCUT2D eigenvalue weighted by atomic mass is 10.0.